The SMILES string of the molecule is O=C(CCCCCC(NC(=O)Nc1ccc(C(F)(F)F)cc1)C(=O)Nc1ccccc1)NO. The van der Waals surface area contributed by atoms with Crippen LogP contribution in [-0.2, 0) is 15.8 Å². The number of anilines is 2. The standard InChI is InChI=1S/C22H25F3N4O4/c23-22(24,25)15-11-13-17(14-12-15)27-21(32)28-18(9-5-2-6-10-19(30)29-33)20(31)26-16-7-3-1-4-8-16/h1,3-4,7-8,11-14,18,33H,2,5-6,9-10H2,(H,26,31)(H,29,30)(H2,27,28,32). The van der Waals surface area contributed by atoms with Gasteiger partial charge in [-0.15, -0.1) is 0 Å². The van der Waals surface area contributed by atoms with E-state index in [1.807, 2.05) is 0 Å². The number of nitrogens with one attached hydrogen (secondary N) is 4. The van der Waals surface area contributed by atoms with Gasteiger partial charge in [-0.2, -0.15) is 13.2 Å². The molecule has 0 bridgehead atoms. The second-order valence-corrected chi connectivity index (χ2v) is 7.22. The van der Waals surface area contributed by atoms with E-state index in [9.17, 15) is 27.6 Å². The van der Waals surface area contributed by atoms with Crippen molar-refractivity contribution in [2.75, 3.05) is 10.6 Å². The van der Waals surface area contributed by atoms with Crippen molar-refractivity contribution >= 4 is 29.2 Å². The van der Waals surface area contributed by atoms with Crippen LogP contribution in [0.1, 0.15) is 37.7 Å². The molecule has 2 aromatic rings. The molecule has 0 radical (unpaired) electrons. The molecule has 33 heavy (non-hydrogen) atoms. The summed E-state index contributed by atoms with van der Waals surface area (Å²) in [7, 11) is 0. The van der Waals surface area contributed by atoms with Gasteiger partial charge in [0.2, 0.25) is 11.8 Å². The number of para-hydroxylation sites is 1. The first-order valence-electron chi connectivity index (χ1n) is 10.2. The molecule has 8 nitrogen and oxygen atoms in total. The number of carbonyl (C=O) groups excluding carboxylic acids is 3. The Labute approximate surface area is 188 Å². The average Bonchev–Trinajstić information content (AvgIpc) is 2.78. The van der Waals surface area contributed by atoms with E-state index in [1.54, 1.807) is 35.8 Å². The summed E-state index contributed by atoms with van der Waals surface area (Å²) in [6.45, 7) is 0. The van der Waals surface area contributed by atoms with Gasteiger partial charge < -0.3 is 16.0 Å². The summed E-state index contributed by atoms with van der Waals surface area (Å²) in [4.78, 5) is 36.1. The predicted molar refractivity (Wildman–Crippen MR) is 115 cm³/mol. The maximum Gasteiger partial charge on any atom is 0.416 e. The molecule has 1 atom stereocenters. The van der Waals surface area contributed by atoms with Crippen LogP contribution in [-0.4, -0.2) is 29.1 Å². The summed E-state index contributed by atoms with van der Waals surface area (Å²) < 4.78 is 38.0. The van der Waals surface area contributed by atoms with Gasteiger partial charge in [0, 0.05) is 17.8 Å². The Morgan fingerprint density at radius 2 is 1.48 bits per heavy atom. The van der Waals surface area contributed by atoms with Gasteiger partial charge in [-0.1, -0.05) is 31.0 Å². The fourth-order valence-electron chi connectivity index (χ4n) is 2.95. The number of amides is 4. The van der Waals surface area contributed by atoms with Gasteiger partial charge in [0.25, 0.3) is 0 Å². The van der Waals surface area contributed by atoms with Crippen LogP contribution in [0, 0.1) is 0 Å². The van der Waals surface area contributed by atoms with E-state index in [1.165, 1.54) is 0 Å². The lowest BCUT2D eigenvalue weighted by Gasteiger charge is -2.19. The number of urea groups is 1. The molecule has 0 fully saturated rings. The molecule has 11 heteroatoms. The maximum absolute atomic E-state index is 12.7. The Morgan fingerprint density at radius 3 is 2.09 bits per heavy atom. The topological polar surface area (TPSA) is 120 Å². The van der Waals surface area contributed by atoms with Gasteiger partial charge >= 0.3 is 12.2 Å². The Morgan fingerprint density at radius 1 is 0.848 bits per heavy atom. The molecular weight excluding hydrogens is 441 g/mol. The highest BCUT2D eigenvalue weighted by Crippen LogP contribution is 2.29. The fraction of sp³-hybridized carbons (Fsp3) is 0.318. The first-order valence-corrected chi connectivity index (χ1v) is 10.2. The average molecular weight is 466 g/mol. The van der Waals surface area contributed by atoms with Crippen LogP contribution in [0.5, 0.6) is 0 Å². The summed E-state index contributed by atoms with van der Waals surface area (Å²) in [6, 6.07) is 10.9. The summed E-state index contributed by atoms with van der Waals surface area (Å²) in [5.74, 6) is -0.973. The number of halogens is 3. The van der Waals surface area contributed by atoms with E-state index in [4.69, 9.17) is 5.21 Å². The molecule has 0 spiro atoms. The molecule has 0 heterocycles. The number of benzene rings is 2. The molecule has 4 amide bonds. The number of unbranched alkanes of at least 4 members (excludes halogenated alkanes) is 2. The van der Waals surface area contributed by atoms with Crippen molar-refractivity contribution in [3.8, 4) is 0 Å². The van der Waals surface area contributed by atoms with Gasteiger partial charge in [-0.05, 0) is 49.2 Å². The van der Waals surface area contributed by atoms with Gasteiger partial charge in [0.15, 0.2) is 0 Å². The Balaban J connectivity index is 1.96. The molecule has 0 aliphatic heterocycles. The van der Waals surface area contributed by atoms with Crippen LogP contribution >= 0.6 is 0 Å². The quantitative estimate of drug-likeness (QED) is 0.204. The maximum atomic E-state index is 12.7. The number of rotatable bonds is 10. The van der Waals surface area contributed by atoms with E-state index in [2.05, 4.69) is 16.0 Å². The summed E-state index contributed by atoms with van der Waals surface area (Å²) in [5, 5.41) is 16.2. The van der Waals surface area contributed by atoms with Crippen molar-refractivity contribution in [2.45, 2.75) is 44.3 Å². The summed E-state index contributed by atoms with van der Waals surface area (Å²) in [5.41, 5.74) is 1.37. The molecule has 5 N–H and O–H groups in total. The minimum absolute atomic E-state index is 0.124. The molecule has 2 aromatic carbocycles. The van der Waals surface area contributed by atoms with Crippen LogP contribution in [0.3, 0.4) is 0 Å². The zero-order valence-electron chi connectivity index (χ0n) is 17.6. The van der Waals surface area contributed by atoms with E-state index in [0.29, 0.717) is 24.9 Å². The normalized spacial score (nSPS) is 11.9. The molecular formula is C22H25F3N4O4. The first kappa shape index (κ1) is 25.7. The van der Waals surface area contributed by atoms with Crippen molar-refractivity contribution in [1.29, 1.82) is 0 Å². The third kappa shape index (κ3) is 9.19. The second kappa shape index (κ2) is 12.4. The minimum atomic E-state index is -4.49. The van der Waals surface area contributed by atoms with Gasteiger partial charge in [-0.3, -0.25) is 14.8 Å². The molecule has 0 aliphatic rings. The molecule has 2 rings (SSSR count). The van der Waals surface area contributed by atoms with Gasteiger partial charge in [0.1, 0.15) is 6.04 Å². The molecule has 1 unspecified atom stereocenters. The van der Waals surface area contributed by atoms with Crippen molar-refractivity contribution < 1.29 is 32.8 Å². The lowest BCUT2D eigenvalue weighted by Crippen LogP contribution is -2.45. The number of carbonyl (C=O) groups is 3. The molecule has 0 saturated heterocycles. The number of hydrogen-bond acceptors (Lipinski definition) is 4. The molecule has 0 aromatic heterocycles. The fourth-order valence-corrected chi connectivity index (χ4v) is 2.95. The smallest absolute Gasteiger partial charge is 0.326 e. The third-order valence-electron chi connectivity index (χ3n) is 4.65. The van der Waals surface area contributed by atoms with Gasteiger partial charge in [0.05, 0.1) is 5.56 Å². The Kier molecular flexibility index (Phi) is 9.67. The van der Waals surface area contributed by atoms with E-state index >= 15 is 0 Å². The first-order chi connectivity index (χ1) is 15.7. The molecule has 178 valence electrons. The van der Waals surface area contributed by atoms with E-state index in [-0.39, 0.29) is 18.5 Å². The third-order valence-corrected chi connectivity index (χ3v) is 4.65. The van der Waals surface area contributed by atoms with E-state index in [0.717, 1.165) is 24.3 Å². The van der Waals surface area contributed by atoms with Crippen molar-refractivity contribution in [1.82, 2.24) is 10.8 Å². The minimum Gasteiger partial charge on any atom is -0.326 e. The van der Waals surface area contributed by atoms with Crippen LogP contribution in [0.2, 0.25) is 0 Å². The van der Waals surface area contributed by atoms with E-state index < -0.39 is 35.6 Å². The predicted octanol–water partition coefficient (Wildman–Crippen LogP) is 4.29. The largest absolute Gasteiger partial charge is 0.416 e. The van der Waals surface area contributed by atoms with Crippen LogP contribution in [0.25, 0.3) is 0 Å². The zero-order valence-corrected chi connectivity index (χ0v) is 17.6. The highest BCUT2D eigenvalue weighted by atomic mass is 19.4. The van der Waals surface area contributed by atoms with Crippen LogP contribution < -0.4 is 21.4 Å². The Bertz CT molecular complexity index is 921. The monoisotopic (exact) mass is 466 g/mol. The highest BCUT2D eigenvalue weighted by Gasteiger charge is 2.30. The van der Waals surface area contributed by atoms with Crippen molar-refractivity contribution in [3.63, 3.8) is 0 Å². The van der Waals surface area contributed by atoms with Crippen LogP contribution in [0.15, 0.2) is 54.6 Å². The van der Waals surface area contributed by atoms with Crippen molar-refractivity contribution in [3.05, 3.63) is 60.2 Å². The second-order valence-electron chi connectivity index (χ2n) is 7.22. The summed E-state index contributed by atoms with van der Waals surface area (Å²) >= 11 is 0. The number of hydroxylamine groups is 1. The molecule has 0 aliphatic carbocycles. The molecule has 0 saturated carbocycles. The van der Waals surface area contributed by atoms with Crippen LogP contribution in [0.4, 0.5) is 29.3 Å². The van der Waals surface area contributed by atoms with Gasteiger partial charge in [-0.25, -0.2) is 10.3 Å². The lowest BCUT2D eigenvalue weighted by atomic mass is 10.1. The summed E-state index contributed by atoms with van der Waals surface area (Å²) in [6.07, 6.45) is -2.54. The Hall–Kier alpha value is -3.60. The number of alkyl halides is 3. The van der Waals surface area contributed by atoms with Crippen molar-refractivity contribution in [2.24, 2.45) is 0 Å². The number of hydrogen-bond donors (Lipinski definition) is 5. The zero-order chi connectivity index (χ0) is 24.3. The highest BCUT2D eigenvalue weighted by molar-refractivity contribution is 5.99. The lowest BCUT2D eigenvalue weighted by molar-refractivity contribution is -0.137.